The summed E-state index contributed by atoms with van der Waals surface area (Å²) >= 11 is 5.83. The zero-order chi connectivity index (χ0) is 18.4. The van der Waals surface area contributed by atoms with Crippen LogP contribution in [0.3, 0.4) is 0 Å². The maximum Gasteiger partial charge on any atom is 0.251 e. The summed E-state index contributed by atoms with van der Waals surface area (Å²) in [5.74, 6) is -0.352. The molecule has 1 unspecified atom stereocenters. The second-order valence-corrected chi connectivity index (χ2v) is 6.26. The Morgan fingerprint density at radius 2 is 1.72 bits per heavy atom. The molecular weight excluding hydrogens is 340 g/mol. The third-order valence-corrected chi connectivity index (χ3v) is 4.12. The smallest absolute Gasteiger partial charge is 0.251 e. The zero-order valence-electron chi connectivity index (χ0n) is 14.2. The number of carbonyl (C=O) groups excluding carboxylic acids is 2. The van der Waals surface area contributed by atoms with Crippen molar-refractivity contribution in [2.75, 3.05) is 18.5 Å². The molecule has 2 N–H and O–H groups in total. The number of nitrogens with zero attached hydrogens (tertiary/aromatic N) is 1. The van der Waals surface area contributed by atoms with Crippen LogP contribution in [0.25, 0.3) is 0 Å². The van der Waals surface area contributed by atoms with Crippen molar-refractivity contribution in [3.63, 3.8) is 0 Å². The lowest BCUT2D eigenvalue weighted by Gasteiger charge is -2.15. The van der Waals surface area contributed by atoms with Gasteiger partial charge in [0, 0.05) is 43.2 Å². The van der Waals surface area contributed by atoms with Gasteiger partial charge < -0.3 is 15.3 Å². The Balaban J connectivity index is 1.87. The summed E-state index contributed by atoms with van der Waals surface area (Å²) in [4.78, 5) is 25.0. The molecule has 0 saturated heterocycles. The number of anilines is 1. The molecule has 0 heterocycles. The van der Waals surface area contributed by atoms with Gasteiger partial charge in [0.15, 0.2) is 0 Å². The summed E-state index contributed by atoms with van der Waals surface area (Å²) in [6.07, 6.45) is -0.256. The highest BCUT2D eigenvalue weighted by Crippen LogP contribution is 2.14. The number of aliphatic hydroxyl groups excluding tert-OH is 1. The van der Waals surface area contributed by atoms with Crippen molar-refractivity contribution in [1.82, 2.24) is 5.32 Å². The molecule has 1 atom stereocenters. The SMILES string of the molecule is CC(=O)N(C)c1ccc(C(=O)NCC(O)Cc2ccc(Cl)cc2)cc1. The molecule has 25 heavy (non-hydrogen) atoms. The Morgan fingerprint density at radius 1 is 1.12 bits per heavy atom. The largest absolute Gasteiger partial charge is 0.391 e. The molecule has 0 aromatic heterocycles. The second kappa shape index (κ2) is 8.65. The fourth-order valence-electron chi connectivity index (χ4n) is 2.30. The van der Waals surface area contributed by atoms with Gasteiger partial charge in [-0.2, -0.15) is 0 Å². The highest BCUT2D eigenvalue weighted by Gasteiger charge is 2.11. The lowest BCUT2D eigenvalue weighted by molar-refractivity contribution is -0.116. The van der Waals surface area contributed by atoms with Gasteiger partial charge in [0.05, 0.1) is 6.10 Å². The molecule has 6 heteroatoms. The third kappa shape index (κ3) is 5.59. The highest BCUT2D eigenvalue weighted by atomic mass is 35.5. The van der Waals surface area contributed by atoms with Gasteiger partial charge in [-0.05, 0) is 42.0 Å². The molecule has 2 aromatic carbocycles. The quantitative estimate of drug-likeness (QED) is 0.832. The molecule has 0 fully saturated rings. The molecule has 0 saturated carbocycles. The molecule has 0 radical (unpaired) electrons. The van der Waals surface area contributed by atoms with E-state index in [1.54, 1.807) is 43.4 Å². The molecular formula is C19H21ClN2O3. The van der Waals surface area contributed by atoms with Gasteiger partial charge >= 0.3 is 0 Å². The number of aliphatic hydroxyl groups is 1. The van der Waals surface area contributed by atoms with Crippen molar-refractivity contribution in [3.8, 4) is 0 Å². The number of halogens is 1. The van der Waals surface area contributed by atoms with Crippen LogP contribution in [0.15, 0.2) is 48.5 Å². The van der Waals surface area contributed by atoms with Gasteiger partial charge in [-0.3, -0.25) is 9.59 Å². The van der Waals surface area contributed by atoms with Crippen molar-refractivity contribution < 1.29 is 14.7 Å². The Morgan fingerprint density at radius 3 is 2.28 bits per heavy atom. The molecule has 5 nitrogen and oxygen atoms in total. The van der Waals surface area contributed by atoms with Crippen LogP contribution in [-0.2, 0) is 11.2 Å². The van der Waals surface area contributed by atoms with Crippen LogP contribution in [0.5, 0.6) is 0 Å². The Hall–Kier alpha value is -2.37. The summed E-state index contributed by atoms with van der Waals surface area (Å²) in [5.41, 5.74) is 2.13. The first-order valence-electron chi connectivity index (χ1n) is 7.92. The predicted octanol–water partition coefficient (Wildman–Crippen LogP) is 2.66. The first-order chi connectivity index (χ1) is 11.9. The minimum atomic E-state index is -0.687. The fraction of sp³-hybridized carbons (Fsp3) is 0.263. The molecule has 2 amide bonds. The molecule has 0 aliphatic carbocycles. The van der Waals surface area contributed by atoms with Crippen LogP contribution in [0.4, 0.5) is 5.69 Å². The summed E-state index contributed by atoms with van der Waals surface area (Å²) in [6.45, 7) is 1.62. The molecule has 0 aliphatic rings. The molecule has 2 rings (SSSR count). The average molecular weight is 361 g/mol. The number of nitrogens with one attached hydrogen (secondary N) is 1. The molecule has 0 bridgehead atoms. The van der Waals surface area contributed by atoms with Crippen molar-refractivity contribution >= 4 is 29.1 Å². The molecule has 0 spiro atoms. The van der Waals surface area contributed by atoms with Crippen LogP contribution >= 0.6 is 11.6 Å². The molecule has 0 aliphatic heterocycles. The van der Waals surface area contributed by atoms with Gasteiger partial charge in [-0.15, -0.1) is 0 Å². The van der Waals surface area contributed by atoms with Crippen molar-refractivity contribution in [1.29, 1.82) is 0 Å². The van der Waals surface area contributed by atoms with Gasteiger partial charge in [0.1, 0.15) is 0 Å². The summed E-state index contributed by atoms with van der Waals surface area (Å²) in [7, 11) is 1.67. The van der Waals surface area contributed by atoms with Crippen LogP contribution in [0.1, 0.15) is 22.8 Å². The van der Waals surface area contributed by atoms with E-state index in [0.717, 1.165) is 5.56 Å². The van der Waals surface area contributed by atoms with E-state index in [1.807, 2.05) is 12.1 Å². The normalized spacial score (nSPS) is 11.7. The highest BCUT2D eigenvalue weighted by molar-refractivity contribution is 6.30. The Bertz CT molecular complexity index is 729. The van der Waals surface area contributed by atoms with E-state index in [2.05, 4.69) is 5.32 Å². The topological polar surface area (TPSA) is 69.6 Å². The Kier molecular flexibility index (Phi) is 6.56. The number of hydrogen-bond donors (Lipinski definition) is 2. The Labute approximate surface area is 152 Å². The van der Waals surface area contributed by atoms with Crippen molar-refractivity contribution in [3.05, 3.63) is 64.7 Å². The third-order valence-electron chi connectivity index (χ3n) is 3.87. The van der Waals surface area contributed by atoms with Crippen LogP contribution in [0.2, 0.25) is 5.02 Å². The summed E-state index contributed by atoms with van der Waals surface area (Å²) in [6, 6.07) is 13.9. The second-order valence-electron chi connectivity index (χ2n) is 5.82. The van der Waals surface area contributed by atoms with Crippen LogP contribution in [0, 0.1) is 0 Å². The standard InChI is InChI=1S/C19H21ClN2O3/c1-13(23)22(2)17-9-5-15(6-10-17)19(25)21-12-18(24)11-14-3-7-16(20)8-4-14/h3-10,18,24H,11-12H2,1-2H3,(H,21,25). The predicted molar refractivity (Wildman–Crippen MR) is 99.0 cm³/mol. The maximum absolute atomic E-state index is 12.1. The minimum Gasteiger partial charge on any atom is -0.391 e. The first kappa shape index (κ1) is 19.0. The number of benzene rings is 2. The van der Waals surface area contributed by atoms with E-state index in [9.17, 15) is 14.7 Å². The van der Waals surface area contributed by atoms with Crippen molar-refractivity contribution in [2.45, 2.75) is 19.4 Å². The number of amides is 2. The fourth-order valence-corrected chi connectivity index (χ4v) is 2.42. The lowest BCUT2D eigenvalue weighted by atomic mass is 10.1. The van der Waals surface area contributed by atoms with Gasteiger partial charge in [0.25, 0.3) is 5.91 Å². The average Bonchev–Trinajstić information content (AvgIpc) is 2.61. The molecule has 2 aromatic rings. The summed E-state index contributed by atoms with van der Waals surface area (Å²) in [5, 5.41) is 13.4. The van der Waals surface area contributed by atoms with Gasteiger partial charge in [0.2, 0.25) is 5.91 Å². The number of rotatable bonds is 6. The number of carbonyl (C=O) groups is 2. The van der Waals surface area contributed by atoms with Gasteiger partial charge in [-0.25, -0.2) is 0 Å². The molecule has 132 valence electrons. The monoisotopic (exact) mass is 360 g/mol. The van der Waals surface area contributed by atoms with Crippen LogP contribution < -0.4 is 10.2 Å². The van der Waals surface area contributed by atoms with Crippen molar-refractivity contribution in [2.24, 2.45) is 0 Å². The van der Waals surface area contributed by atoms with E-state index in [-0.39, 0.29) is 18.4 Å². The van der Waals surface area contributed by atoms with Gasteiger partial charge in [-0.1, -0.05) is 23.7 Å². The van der Waals surface area contributed by atoms with E-state index in [1.165, 1.54) is 11.8 Å². The van der Waals surface area contributed by atoms with E-state index in [0.29, 0.717) is 22.7 Å². The lowest BCUT2D eigenvalue weighted by Crippen LogP contribution is -2.33. The van der Waals surface area contributed by atoms with E-state index < -0.39 is 6.10 Å². The summed E-state index contributed by atoms with van der Waals surface area (Å²) < 4.78 is 0. The van der Waals surface area contributed by atoms with Crippen LogP contribution in [-0.4, -0.2) is 36.6 Å². The van der Waals surface area contributed by atoms with E-state index in [4.69, 9.17) is 11.6 Å². The van der Waals surface area contributed by atoms with E-state index >= 15 is 0 Å². The zero-order valence-corrected chi connectivity index (χ0v) is 15.0. The minimum absolute atomic E-state index is 0.0810. The first-order valence-corrected chi connectivity index (χ1v) is 8.29. The maximum atomic E-state index is 12.1. The number of hydrogen-bond acceptors (Lipinski definition) is 3.